The number of nitriles is 1. The molecule has 1 aromatic heterocycles. The van der Waals surface area contributed by atoms with E-state index in [4.69, 9.17) is 16.3 Å². The number of ether oxygens (including phenoxy) is 1. The zero-order valence-corrected chi connectivity index (χ0v) is 23.5. The van der Waals surface area contributed by atoms with Crippen molar-refractivity contribution in [3.05, 3.63) is 88.8 Å². The number of likely N-dealkylation sites (tertiary alicyclic amines) is 1. The van der Waals surface area contributed by atoms with Gasteiger partial charge in [-0.1, -0.05) is 23.7 Å². The van der Waals surface area contributed by atoms with Crippen LogP contribution in [0.4, 0.5) is 15.0 Å². The number of benzene rings is 2. The Morgan fingerprint density at radius 2 is 1.80 bits per heavy atom. The molecule has 2 aromatic carbocycles. The summed E-state index contributed by atoms with van der Waals surface area (Å²) in [5, 5.41) is 9.82. The third-order valence-corrected chi connectivity index (χ3v) is 8.19. The van der Waals surface area contributed by atoms with Crippen LogP contribution in [-0.2, 0) is 4.79 Å². The van der Waals surface area contributed by atoms with Crippen molar-refractivity contribution in [2.45, 2.75) is 31.7 Å². The minimum Gasteiger partial charge on any atom is -0.410 e. The lowest BCUT2D eigenvalue weighted by atomic mass is 9.93. The van der Waals surface area contributed by atoms with Crippen LogP contribution in [-0.4, -0.2) is 65.5 Å². The fraction of sp³-hybridized carbons (Fsp3) is 0.355. The standard InChI is InChI=1S/C31H31ClFN5O3/c1-2-38(31(40)41-26-9-7-25(33)8-10-26)28-20-37(19-27(28)22-3-5-24(32)6-4-22)30(39)23-12-15-36(16-13-23)29-17-21(18-34)11-14-35-29/h3-11,14,17,23,27-28H,2,12-13,15-16,19-20H2,1H3. The molecule has 0 N–H and O–H groups in total. The van der Waals surface area contributed by atoms with E-state index in [1.165, 1.54) is 24.3 Å². The van der Waals surface area contributed by atoms with Crippen LogP contribution < -0.4 is 9.64 Å². The van der Waals surface area contributed by atoms with Gasteiger partial charge in [-0.15, -0.1) is 0 Å². The first-order valence-electron chi connectivity index (χ1n) is 13.8. The highest BCUT2D eigenvalue weighted by Crippen LogP contribution is 2.35. The molecule has 2 fully saturated rings. The first-order valence-corrected chi connectivity index (χ1v) is 14.1. The maximum absolute atomic E-state index is 13.8. The molecule has 3 heterocycles. The molecular weight excluding hydrogens is 545 g/mol. The maximum Gasteiger partial charge on any atom is 0.415 e. The molecule has 10 heteroatoms. The Morgan fingerprint density at radius 1 is 1.10 bits per heavy atom. The zero-order chi connectivity index (χ0) is 28.9. The molecule has 3 aromatic rings. The Bertz CT molecular complexity index is 1420. The Balaban J connectivity index is 1.31. The second-order valence-corrected chi connectivity index (χ2v) is 10.8. The molecule has 0 radical (unpaired) electrons. The van der Waals surface area contributed by atoms with Crippen LogP contribution >= 0.6 is 11.6 Å². The van der Waals surface area contributed by atoms with Gasteiger partial charge in [0, 0.05) is 55.8 Å². The van der Waals surface area contributed by atoms with Gasteiger partial charge in [0.15, 0.2) is 0 Å². The summed E-state index contributed by atoms with van der Waals surface area (Å²) in [6.45, 7) is 4.44. The van der Waals surface area contributed by atoms with Gasteiger partial charge in [0.2, 0.25) is 5.91 Å². The van der Waals surface area contributed by atoms with E-state index >= 15 is 0 Å². The first kappa shape index (κ1) is 28.4. The van der Waals surface area contributed by atoms with Crippen molar-refractivity contribution in [2.75, 3.05) is 37.6 Å². The summed E-state index contributed by atoms with van der Waals surface area (Å²) in [7, 11) is 0. The summed E-state index contributed by atoms with van der Waals surface area (Å²) in [4.78, 5) is 37.1. The predicted molar refractivity (Wildman–Crippen MR) is 153 cm³/mol. The summed E-state index contributed by atoms with van der Waals surface area (Å²) in [6.07, 6.45) is 2.44. The number of halogens is 2. The minimum absolute atomic E-state index is 0.0767. The maximum atomic E-state index is 13.8. The third kappa shape index (κ3) is 6.44. The van der Waals surface area contributed by atoms with Crippen molar-refractivity contribution >= 4 is 29.4 Å². The largest absolute Gasteiger partial charge is 0.415 e. The van der Waals surface area contributed by atoms with Gasteiger partial charge in [-0.2, -0.15) is 5.26 Å². The quantitative estimate of drug-likeness (QED) is 0.387. The van der Waals surface area contributed by atoms with Crippen LogP contribution in [0, 0.1) is 23.1 Å². The van der Waals surface area contributed by atoms with E-state index in [0.717, 1.165) is 11.4 Å². The number of pyridine rings is 1. The van der Waals surface area contributed by atoms with Crippen molar-refractivity contribution in [1.29, 1.82) is 5.26 Å². The molecular formula is C31H31ClFN5O3. The number of rotatable bonds is 6. The first-order chi connectivity index (χ1) is 19.9. The van der Waals surface area contributed by atoms with Crippen molar-refractivity contribution in [2.24, 2.45) is 5.92 Å². The van der Waals surface area contributed by atoms with Crippen molar-refractivity contribution < 1.29 is 18.7 Å². The van der Waals surface area contributed by atoms with Crippen LogP contribution in [0.5, 0.6) is 5.75 Å². The fourth-order valence-electron chi connectivity index (χ4n) is 5.76. The van der Waals surface area contributed by atoms with E-state index < -0.39 is 11.9 Å². The number of carbonyl (C=O) groups is 2. The highest BCUT2D eigenvalue weighted by Gasteiger charge is 2.43. The Labute approximate surface area is 243 Å². The summed E-state index contributed by atoms with van der Waals surface area (Å²) >= 11 is 6.15. The molecule has 2 aliphatic rings. The van der Waals surface area contributed by atoms with Crippen LogP contribution in [0.3, 0.4) is 0 Å². The second kappa shape index (κ2) is 12.6. The molecule has 2 atom stereocenters. The fourth-order valence-corrected chi connectivity index (χ4v) is 5.88. The summed E-state index contributed by atoms with van der Waals surface area (Å²) in [5.74, 6) is 0.393. The highest BCUT2D eigenvalue weighted by atomic mass is 35.5. The molecule has 2 saturated heterocycles. The molecule has 0 bridgehead atoms. The van der Waals surface area contributed by atoms with E-state index in [9.17, 15) is 19.2 Å². The lowest BCUT2D eigenvalue weighted by Gasteiger charge is -2.34. The van der Waals surface area contributed by atoms with Gasteiger partial charge in [0.05, 0.1) is 17.7 Å². The topological polar surface area (TPSA) is 89.8 Å². The van der Waals surface area contributed by atoms with Crippen molar-refractivity contribution in [3.63, 3.8) is 0 Å². The average Bonchev–Trinajstić information content (AvgIpc) is 3.43. The van der Waals surface area contributed by atoms with Gasteiger partial charge in [-0.05, 0) is 73.9 Å². The van der Waals surface area contributed by atoms with E-state index in [1.807, 2.05) is 36.1 Å². The summed E-state index contributed by atoms with van der Waals surface area (Å²) < 4.78 is 18.9. The number of likely N-dealkylation sites (N-methyl/N-ethyl adjacent to an activating group) is 1. The lowest BCUT2D eigenvalue weighted by molar-refractivity contribution is -0.135. The number of piperidine rings is 1. The van der Waals surface area contributed by atoms with Gasteiger partial charge in [-0.25, -0.2) is 14.2 Å². The van der Waals surface area contributed by atoms with Crippen LogP contribution in [0.1, 0.15) is 36.8 Å². The van der Waals surface area contributed by atoms with Crippen LogP contribution in [0.2, 0.25) is 5.02 Å². The number of hydrogen-bond donors (Lipinski definition) is 0. The Morgan fingerprint density at radius 3 is 2.46 bits per heavy atom. The molecule has 0 spiro atoms. The number of carbonyl (C=O) groups excluding carboxylic acids is 2. The van der Waals surface area contributed by atoms with Crippen LogP contribution in [0.15, 0.2) is 66.9 Å². The Hall–Kier alpha value is -4.16. The number of nitrogens with zero attached hydrogens (tertiary/aromatic N) is 5. The monoisotopic (exact) mass is 575 g/mol. The number of hydrogen-bond acceptors (Lipinski definition) is 6. The predicted octanol–water partition coefficient (Wildman–Crippen LogP) is 5.48. The number of anilines is 1. The SMILES string of the molecule is CCN(C(=O)Oc1ccc(F)cc1)C1CN(C(=O)C2CCN(c3cc(C#N)ccn3)CC2)CC1c1ccc(Cl)cc1. The molecule has 212 valence electrons. The van der Waals surface area contributed by atoms with Crippen molar-refractivity contribution in [3.8, 4) is 11.8 Å². The van der Waals surface area contributed by atoms with E-state index in [1.54, 1.807) is 23.2 Å². The van der Waals surface area contributed by atoms with E-state index in [-0.39, 0.29) is 29.5 Å². The average molecular weight is 576 g/mol. The molecule has 0 aliphatic carbocycles. The normalized spacial score (nSPS) is 19.1. The number of aromatic nitrogens is 1. The van der Waals surface area contributed by atoms with Gasteiger partial charge >= 0.3 is 6.09 Å². The van der Waals surface area contributed by atoms with Gasteiger partial charge in [0.1, 0.15) is 17.4 Å². The van der Waals surface area contributed by atoms with Crippen LogP contribution in [0.25, 0.3) is 0 Å². The zero-order valence-electron chi connectivity index (χ0n) is 22.7. The summed E-state index contributed by atoms with van der Waals surface area (Å²) in [5.41, 5.74) is 1.55. The van der Waals surface area contributed by atoms with Crippen molar-refractivity contribution in [1.82, 2.24) is 14.8 Å². The molecule has 8 nitrogen and oxygen atoms in total. The van der Waals surface area contributed by atoms with E-state index in [2.05, 4.69) is 16.0 Å². The molecule has 2 aliphatic heterocycles. The van der Waals surface area contributed by atoms with Gasteiger partial charge in [0.25, 0.3) is 0 Å². The number of amides is 2. The van der Waals surface area contributed by atoms with Gasteiger partial charge < -0.3 is 19.4 Å². The molecule has 5 rings (SSSR count). The highest BCUT2D eigenvalue weighted by molar-refractivity contribution is 6.30. The smallest absolute Gasteiger partial charge is 0.410 e. The van der Waals surface area contributed by atoms with E-state index in [0.29, 0.717) is 56.2 Å². The second-order valence-electron chi connectivity index (χ2n) is 10.4. The minimum atomic E-state index is -0.544. The molecule has 2 amide bonds. The molecule has 41 heavy (non-hydrogen) atoms. The lowest BCUT2D eigenvalue weighted by Crippen LogP contribution is -2.47. The molecule has 0 saturated carbocycles. The third-order valence-electron chi connectivity index (χ3n) is 7.94. The van der Waals surface area contributed by atoms with Gasteiger partial charge in [-0.3, -0.25) is 4.79 Å². The Kier molecular flexibility index (Phi) is 8.70. The summed E-state index contributed by atoms with van der Waals surface area (Å²) in [6, 6.07) is 18.1. The molecule has 2 unspecified atom stereocenters.